The van der Waals surface area contributed by atoms with Crippen molar-refractivity contribution in [3.05, 3.63) is 0 Å². The Morgan fingerprint density at radius 1 is 0.727 bits per heavy atom. The van der Waals surface area contributed by atoms with E-state index in [1.807, 2.05) is 13.8 Å². The van der Waals surface area contributed by atoms with Gasteiger partial charge in [0.15, 0.2) is 0 Å². The van der Waals surface area contributed by atoms with E-state index in [9.17, 15) is 0 Å². The third-order valence-corrected chi connectivity index (χ3v) is 0.500. The third-order valence-electron chi connectivity index (χ3n) is 0.500. The SMILES string of the molecule is C.CC.CCC.CCCC.N. The normalized spacial score (nSPS) is 4.91. The summed E-state index contributed by atoms with van der Waals surface area (Å²) in [6.07, 6.45) is 3.89. The van der Waals surface area contributed by atoms with Crippen LogP contribution in [0, 0.1) is 0 Å². The fourth-order valence-corrected chi connectivity index (χ4v) is 0. The number of rotatable bonds is 1. The lowest BCUT2D eigenvalue weighted by molar-refractivity contribution is 0.886. The molecule has 0 saturated carbocycles. The quantitative estimate of drug-likeness (QED) is 0.580. The Morgan fingerprint density at radius 2 is 0.818 bits per heavy atom. The van der Waals surface area contributed by atoms with Gasteiger partial charge in [0, 0.05) is 0 Å². The van der Waals surface area contributed by atoms with Gasteiger partial charge in [-0.2, -0.15) is 0 Å². The summed E-state index contributed by atoms with van der Waals surface area (Å²) in [7, 11) is 0. The Morgan fingerprint density at radius 3 is 0.818 bits per heavy atom. The van der Waals surface area contributed by atoms with E-state index in [-0.39, 0.29) is 13.6 Å². The lowest BCUT2D eigenvalue weighted by atomic mass is 10.4. The van der Waals surface area contributed by atoms with Gasteiger partial charge in [-0.3, -0.25) is 0 Å². The highest BCUT2D eigenvalue weighted by Crippen LogP contribution is 1.76. The molecule has 11 heavy (non-hydrogen) atoms. The van der Waals surface area contributed by atoms with Crippen LogP contribution in [0.15, 0.2) is 0 Å². The minimum atomic E-state index is 0. The molecule has 0 saturated heterocycles. The summed E-state index contributed by atoms with van der Waals surface area (Å²) in [5.74, 6) is 0. The molecule has 0 aromatic rings. The van der Waals surface area contributed by atoms with E-state index in [4.69, 9.17) is 0 Å². The highest BCUT2D eigenvalue weighted by atomic mass is 14.0. The van der Waals surface area contributed by atoms with E-state index in [0.29, 0.717) is 0 Å². The van der Waals surface area contributed by atoms with Crippen molar-refractivity contribution in [3.8, 4) is 0 Å². The molecule has 0 unspecified atom stereocenters. The molecule has 0 spiro atoms. The predicted octanol–water partition coefficient (Wildman–Crippen LogP) is 5.05. The predicted molar refractivity (Wildman–Crippen MR) is 59.6 cm³/mol. The van der Waals surface area contributed by atoms with Gasteiger partial charge in [-0.25, -0.2) is 0 Å². The standard InChI is InChI=1S/C4H10.C3H8.C2H6.CH4.H3N/c1-3-4-2;1-3-2;1-2;;/h3-4H2,1-2H3;3H2,1-2H3;1-2H3;1H4;1H3. The van der Waals surface area contributed by atoms with Crippen molar-refractivity contribution in [2.24, 2.45) is 0 Å². The first-order valence-electron chi connectivity index (χ1n) is 4.33. The van der Waals surface area contributed by atoms with Crippen LogP contribution < -0.4 is 6.15 Å². The molecule has 0 aromatic heterocycles. The van der Waals surface area contributed by atoms with Crippen LogP contribution >= 0.6 is 0 Å². The fraction of sp³-hybridized carbons (Fsp3) is 1.00. The molecule has 0 aliphatic rings. The Labute approximate surface area is 75.2 Å². The molecule has 0 radical (unpaired) electrons. The summed E-state index contributed by atoms with van der Waals surface area (Å²) in [4.78, 5) is 0. The molecule has 0 aliphatic heterocycles. The van der Waals surface area contributed by atoms with Gasteiger partial charge in [0.2, 0.25) is 0 Å². The number of hydrogen-bond acceptors (Lipinski definition) is 1. The van der Waals surface area contributed by atoms with Crippen LogP contribution in [0.5, 0.6) is 0 Å². The highest BCUT2D eigenvalue weighted by molar-refractivity contribution is 4.12. The van der Waals surface area contributed by atoms with E-state index in [0.717, 1.165) is 0 Å². The first-order chi connectivity index (χ1) is 4.33. The third kappa shape index (κ3) is 685. The average Bonchev–Trinajstić information content (AvgIpc) is 1.94. The van der Waals surface area contributed by atoms with Crippen LogP contribution in [0.2, 0.25) is 0 Å². The maximum Gasteiger partial charge on any atom is -0.0564 e. The molecule has 0 aromatic carbocycles. The minimum absolute atomic E-state index is 0. The van der Waals surface area contributed by atoms with E-state index in [1.165, 1.54) is 19.3 Å². The zero-order valence-corrected chi connectivity index (χ0v) is 8.83. The van der Waals surface area contributed by atoms with Gasteiger partial charge in [-0.15, -0.1) is 0 Å². The van der Waals surface area contributed by atoms with Crippen molar-refractivity contribution in [3.63, 3.8) is 0 Å². The molecule has 0 rings (SSSR count). The first-order valence-corrected chi connectivity index (χ1v) is 4.33. The lowest BCUT2D eigenvalue weighted by Gasteiger charge is -1.68. The van der Waals surface area contributed by atoms with Crippen molar-refractivity contribution < 1.29 is 0 Å². The number of hydrogen-bond donors (Lipinski definition) is 1. The second-order valence-corrected chi connectivity index (χ2v) is 1.71. The van der Waals surface area contributed by atoms with Gasteiger partial charge in [-0.1, -0.05) is 68.2 Å². The van der Waals surface area contributed by atoms with Gasteiger partial charge >= 0.3 is 0 Å². The van der Waals surface area contributed by atoms with Gasteiger partial charge in [0.25, 0.3) is 0 Å². The average molecular weight is 165 g/mol. The highest BCUT2D eigenvalue weighted by Gasteiger charge is 1.56. The summed E-state index contributed by atoms with van der Waals surface area (Å²) in [5, 5.41) is 0. The summed E-state index contributed by atoms with van der Waals surface area (Å²) < 4.78 is 0. The molecule has 76 valence electrons. The Hall–Kier alpha value is -0.0400. The van der Waals surface area contributed by atoms with E-state index in [2.05, 4.69) is 27.7 Å². The van der Waals surface area contributed by atoms with Crippen LogP contribution in [0.25, 0.3) is 0 Å². The summed E-state index contributed by atoms with van der Waals surface area (Å²) >= 11 is 0. The molecule has 0 atom stereocenters. The van der Waals surface area contributed by atoms with Crippen LogP contribution in [-0.4, -0.2) is 0 Å². The Bertz CT molecular complexity index is 12.3. The molecule has 0 heterocycles. The molecular weight excluding hydrogens is 134 g/mol. The smallest absolute Gasteiger partial charge is 0.0564 e. The van der Waals surface area contributed by atoms with Gasteiger partial charge in [-0.05, 0) is 0 Å². The fourth-order valence-electron chi connectivity index (χ4n) is 0. The van der Waals surface area contributed by atoms with E-state index < -0.39 is 0 Å². The minimum Gasteiger partial charge on any atom is -0.344 e. The molecule has 3 N–H and O–H groups in total. The van der Waals surface area contributed by atoms with Crippen LogP contribution in [-0.2, 0) is 0 Å². The van der Waals surface area contributed by atoms with E-state index in [1.54, 1.807) is 0 Å². The summed E-state index contributed by atoms with van der Waals surface area (Å²) in [6.45, 7) is 12.6. The van der Waals surface area contributed by atoms with E-state index >= 15 is 0 Å². The zero-order chi connectivity index (χ0) is 8.12. The molecule has 1 heteroatoms. The van der Waals surface area contributed by atoms with Crippen LogP contribution in [0.4, 0.5) is 0 Å². The first kappa shape index (κ1) is 30.6. The van der Waals surface area contributed by atoms with Crippen molar-refractivity contribution in [2.45, 2.75) is 68.2 Å². The number of unbranched alkanes of at least 4 members (excludes halogenated alkanes) is 1. The molecular formula is C10H31N. The molecule has 0 bridgehead atoms. The molecule has 0 aliphatic carbocycles. The second kappa shape index (κ2) is 91.3. The van der Waals surface area contributed by atoms with Crippen LogP contribution in [0.1, 0.15) is 68.2 Å². The van der Waals surface area contributed by atoms with Gasteiger partial charge < -0.3 is 6.15 Å². The molecule has 0 amide bonds. The summed E-state index contributed by atoms with van der Waals surface area (Å²) in [6, 6.07) is 0. The maximum absolute atomic E-state index is 2.18. The maximum atomic E-state index is 2.18. The monoisotopic (exact) mass is 165 g/mol. The molecule has 1 nitrogen and oxygen atoms in total. The molecule has 0 fully saturated rings. The zero-order valence-electron chi connectivity index (χ0n) is 8.83. The van der Waals surface area contributed by atoms with Crippen LogP contribution in [0.3, 0.4) is 0 Å². The lowest BCUT2D eigenvalue weighted by Crippen LogP contribution is -1.47. The van der Waals surface area contributed by atoms with Crippen molar-refractivity contribution in [2.75, 3.05) is 0 Å². The van der Waals surface area contributed by atoms with Gasteiger partial charge in [0.1, 0.15) is 0 Å². The Balaban J connectivity index is -0.0000000158. The van der Waals surface area contributed by atoms with Crippen molar-refractivity contribution in [1.82, 2.24) is 6.15 Å². The van der Waals surface area contributed by atoms with Crippen molar-refractivity contribution >= 4 is 0 Å². The van der Waals surface area contributed by atoms with Crippen molar-refractivity contribution in [1.29, 1.82) is 0 Å². The second-order valence-electron chi connectivity index (χ2n) is 1.71. The van der Waals surface area contributed by atoms with Gasteiger partial charge in [0.05, 0.1) is 0 Å². The summed E-state index contributed by atoms with van der Waals surface area (Å²) in [5.41, 5.74) is 0. The Kier molecular flexibility index (Phi) is 254. The topological polar surface area (TPSA) is 35.0 Å². The largest absolute Gasteiger partial charge is 0.344 e.